The van der Waals surface area contributed by atoms with Gasteiger partial charge >= 0.3 is 5.97 Å². The number of carboxylic acid groups (broad SMARTS) is 1. The lowest BCUT2D eigenvalue weighted by Gasteiger charge is -2.71. The molecule has 0 spiro atoms. The molecule has 1 aliphatic heterocycles. The number of carboxylic acids is 1. The van der Waals surface area contributed by atoms with Gasteiger partial charge in [0.05, 0.1) is 37.9 Å². The van der Waals surface area contributed by atoms with Gasteiger partial charge in [0.1, 0.15) is 6.33 Å². The summed E-state index contributed by atoms with van der Waals surface area (Å²) in [6.45, 7) is 21.0. The summed E-state index contributed by atoms with van der Waals surface area (Å²) in [4.78, 5) is 30.7. The zero-order valence-corrected chi connectivity index (χ0v) is 33.3. The van der Waals surface area contributed by atoms with Crippen molar-refractivity contribution in [2.45, 2.75) is 144 Å². The Morgan fingerprint density at radius 1 is 1.06 bits per heavy atom. The number of hydrogen-bond acceptors (Lipinski definition) is 7. The van der Waals surface area contributed by atoms with Crippen molar-refractivity contribution < 1.29 is 24.2 Å². The van der Waals surface area contributed by atoms with Crippen LogP contribution in [0.4, 0.5) is 0 Å². The minimum absolute atomic E-state index is 0.0707. The smallest absolute Gasteiger partial charge is 0.307 e. The van der Waals surface area contributed by atoms with Crippen molar-refractivity contribution >= 4 is 11.9 Å². The Morgan fingerprint density at radius 2 is 1.79 bits per heavy atom. The number of carbonyl (C=O) groups excluding carboxylic acids is 1. The molecule has 4 saturated carbocycles. The average Bonchev–Trinajstić information content (AvgIpc) is 3.59. The van der Waals surface area contributed by atoms with Crippen molar-refractivity contribution in [3.8, 4) is 0 Å². The van der Waals surface area contributed by atoms with E-state index >= 15 is 0 Å². The fourth-order valence-corrected chi connectivity index (χ4v) is 14.0. The van der Waals surface area contributed by atoms with Crippen LogP contribution in [-0.4, -0.2) is 69.8 Å². The first-order chi connectivity index (χ1) is 24.5. The molecular formula is C42H67N5O5. The topological polar surface area (TPSA) is 142 Å². The van der Waals surface area contributed by atoms with E-state index in [1.807, 2.05) is 0 Å². The van der Waals surface area contributed by atoms with E-state index < -0.39 is 23.2 Å². The molecule has 6 aliphatic rings. The molecule has 52 heavy (non-hydrogen) atoms. The number of ether oxygens (including phenoxy) is 2. The molecule has 290 valence electrons. The van der Waals surface area contributed by atoms with Crippen LogP contribution >= 0.6 is 0 Å². The molecule has 1 saturated heterocycles. The third-order valence-electron chi connectivity index (χ3n) is 17.1. The number of carbonyl (C=O) groups is 2. The maximum absolute atomic E-state index is 13.5. The molecule has 2 bridgehead atoms. The quantitative estimate of drug-likeness (QED) is 0.216. The Balaban J connectivity index is 1.32. The van der Waals surface area contributed by atoms with Crippen molar-refractivity contribution in [1.29, 1.82) is 0 Å². The minimum atomic E-state index is -0.642. The number of hydrogen-bond donors (Lipinski definition) is 3. The first-order valence-corrected chi connectivity index (χ1v) is 20.6. The lowest BCUT2D eigenvalue weighted by molar-refractivity contribution is -0.253. The van der Waals surface area contributed by atoms with Crippen LogP contribution in [0.2, 0.25) is 0 Å². The molecular weight excluding hydrogens is 654 g/mol. The fourth-order valence-electron chi connectivity index (χ4n) is 14.0. The lowest BCUT2D eigenvalue weighted by atomic mass is 9.34. The summed E-state index contributed by atoms with van der Waals surface area (Å²) in [5.41, 5.74) is 5.84. The van der Waals surface area contributed by atoms with Gasteiger partial charge in [0, 0.05) is 16.4 Å². The zero-order valence-electron chi connectivity index (χ0n) is 33.3. The Bertz CT molecular complexity index is 1560. The SMILES string of the molecule is CCNC1(CO[C@H]2[C@H](n3ncnc3C(N)=O)C[C@@]34COC[C@]2(C)[C@@H]3CC[C@H]2C4=CC[C@@]3(C)[C@H](C(=O)O)[C@@](C)([C@H](C)C(C)C)CC[C@]23C)CCCCC1. The van der Waals surface area contributed by atoms with Gasteiger partial charge in [-0.1, -0.05) is 86.3 Å². The highest BCUT2D eigenvalue weighted by molar-refractivity contribution is 5.89. The van der Waals surface area contributed by atoms with Gasteiger partial charge in [-0.2, -0.15) is 5.10 Å². The number of nitrogens with two attached hydrogens (primary N) is 1. The molecule has 4 N–H and O–H groups in total. The lowest BCUT2D eigenvalue weighted by Crippen LogP contribution is -2.69. The molecule has 0 aromatic carbocycles. The molecule has 1 aromatic rings. The summed E-state index contributed by atoms with van der Waals surface area (Å²) in [5.74, 6) is -0.224. The molecule has 11 atom stereocenters. The molecule has 0 unspecified atom stereocenters. The van der Waals surface area contributed by atoms with Crippen LogP contribution in [0.15, 0.2) is 18.0 Å². The van der Waals surface area contributed by atoms with Gasteiger partial charge in [0.2, 0.25) is 5.82 Å². The molecule has 5 aliphatic carbocycles. The number of nitrogens with zero attached hydrogens (tertiary/aromatic N) is 3. The van der Waals surface area contributed by atoms with Crippen molar-refractivity contribution in [1.82, 2.24) is 20.1 Å². The van der Waals surface area contributed by atoms with E-state index in [0.29, 0.717) is 37.6 Å². The highest BCUT2D eigenvalue weighted by atomic mass is 16.5. The molecule has 10 heteroatoms. The first-order valence-electron chi connectivity index (χ1n) is 20.6. The maximum atomic E-state index is 13.5. The van der Waals surface area contributed by atoms with Crippen molar-refractivity contribution in [2.24, 2.45) is 62.4 Å². The van der Waals surface area contributed by atoms with Crippen LogP contribution in [0, 0.1) is 56.7 Å². The molecule has 10 nitrogen and oxygen atoms in total. The fraction of sp³-hybridized carbons (Fsp3) is 0.857. The minimum Gasteiger partial charge on any atom is -0.481 e. The number of fused-ring (bicyclic) bond motifs is 3. The van der Waals surface area contributed by atoms with Crippen LogP contribution in [0.5, 0.6) is 0 Å². The van der Waals surface area contributed by atoms with E-state index in [1.165, 1.54) is 31.2 Å². The van der Waals surface area contributed by atoms with E-state index in [4.69, 9.17) is 20.3 Å². The maximum Gasteiger partial charge on any atom is 0.307 e. The van der Waals surface area contributed by atoms with E-state index in [2.05, 4.69) is 71.8 Å². The second-order valence-electron chi connectivity index (χ2n) is 19.6. The highest BCUT2D eigenvalue weighted by Crippen LogP contribution is 2.75. The number of likely N-dealkylation sites (N-methyl/N-ethyl adjacent to an activating group) is 1. The zero-order chi connectivity index (χ0) is 37.5. The molecule has 0 radical (unpaired) electrons. The van der Waals surface area contributed by atoms with Gasteiger partial charge < -0.3 is 25.6 Å². The average molecular weight is 722 g/mol. The summed E-state index contributed by atoms with van der Waals surface area (Å²) in [6.07, 6.45) is 15.0. The van der Waals surface area contributed by atoms with Gasteiger partial charge in [-0.05, 0) is 97.8 Å². The van der Waals surface area contributed by atoms with Crippen LogP contribution in [-0.2, 0) is 14.3 Å². The highest BCUT2D eigenvalue weighted by Gasteiger charge is 2.72. The molecule has 2 heterocycles. The van der Waals surface area contributed by atoms with Crippen molar-refractivity contribution in [3.05, 3.63) is 23.8 Å². The van der Waals surface area contributed by atoms with Gasteiger partial charge in [-0.3, -0.25) is 9.59 Å². The second-order valence-corrected chi connectivity index (χ2v) is 19.6. The molecule has 1 aromatic heterocycles. The van der Waals surface area contributed by atoms with Crippen LogP contribution in [0.25, 0.3) is 0 Å². The predicted molar refractivity (Wildman–Crippen MR) is 200 cm³/mol. The Hall–Kier alpha value is -2.30. The number of nitrogens with one attached hydrogen (secondary N) is 1. The van der Waals surface area contributed by atoms with Crippen LogP contribution in [0.3, 0.4) is 0 Å². The molecule has 5 fully saturated rings. The monoisotopic (exact) mass is 722 g/mol. The summed E-state index contributed by atoms with van der Waals surface area (Å²) in [6, 6.07) is -0.258. The van der Waals surface area contributed by atoms with Crippen molar-refractivity contribution in [2.75, 3.05) is 26.4 Å². The van der Waals surface area contributed by atoms with E-state index in [1.54, 1.807) is 4.68 Å². The van der Waals surface area contributed by atoms with Gasteiger partial charge in [-0.15, -0.1) is 0 Å². The van der Waals surface area contributed by atoms with Gasteiger partial charge in [-0.25, -0.2) is 9.67 Å². The predicted octanol–water partition coefficient (Wildman–Crippen LogP) is 7.20. The Morgan fingerprint density at radius 3 is 2.44 bits per heavy atom. The summed E-state index contributed by atoms with van der Waals surface area (Å²) in [7, 11) is 0. The normalized spacial score (nSPS) is 43.1. The molecule has 1 amide bonds. The largest absolute Gasteiger partial charge is 0.481 e. The Labute approximate surface area is 311 Å². The summed E-state index contributed by atoms with van der Waals surface area (Å²) < 4.78 is 15.8. The second kappa shape index (κ2) is 13.2. The van der Waals surface area contributed by atoms with Crippen LogP contribution < -0.4 is 11.1 Å². The number of aromatic nitrogens is 3. The number of amides is 1. The van der Waals surface area contributed by atoms with Crippen LogP contribution in [0.1, 0.15) is 143 Å². The third-order valence-corrected chi connectivity index (χ3v) is 17.1. The standard InChI is InChI=1S/C42H67N5O5/c1-9-45-41(16-11-10-12-17-41)23-52-33-30(47-35(34(43)48)44-25-46-47)21-42-24-51-22-38(33,6)31(42)14-13-28-29(42)15-18-40(8)32(36(49)50)37(5,27(4)26(2)3)19-20-39(28,40)7/h15,25-28,30-33,45H,9-14,16-24H2,1-8H3,(H2,43,48)(H,49,50)/t27-,28+,30-,31+,32-,33+,37-,38-,39-,40+,42+/m1/s1. The van der Waals surface area contributed by atoms with E-state index in [0.717, 1.165) is 57.9 Å². The van der Waals surface area contributed by atoms with Gasteiger partial charge in [0.15, 0.2) is 0 Å². The number of rotatable bonds is 10. The Kier molecular flexibility index (Phi) is 9.63. The summed E-state index contributed by atoms with van der Waals surface area (Å²) in [5, 5.41) is 19.6. The summed E-state index contributed by atoms with van der Waals surface area (Å²) >= 11 is 0. The number of allylic oxidation sites excluding steroid dienone is 1. The third kappa shape index (κ3) is 5.33. The molecule has 7 rings (SSSR count). The van der Waals surface area contributed by atoms with Crippen molar-refractivity contribution in [3.63, 3.8) is 0 Å². The number of aliphatic carboxylic acids is 1. The van der Waals surface area contributed by atoms with E-state index in [9.17, 15) is 14.7 Å². The van der Waals surface area contributed by atoms with E-state index in [-0.39, 0.29) is 51.1 Å². The number of primary amides is 1. The first kappa shape index (κ1) is 38.0. The van der Waals surface area contributed by atoms with Gasteiger partial charge in [0.25, 0.3) is 5.91 Å².